The number of nitrogens with zero attached hydrogens (tertiary/aromatic N) is 3. The van der Waals surface area contributed by atoms with Crippen molar-refractivity contribution in [3.8, 4) is 5.75 Å². The first-order valence-corrected chi connectivity index (χ1v) is 6.05. The molecular formula is C12H13ClN4O2. The molecule has 1 aromatic carbocycles. The highest BCUT2D eigenvalue weighted by Crippen LogP contribution is 2.21. The van der Waals surface area contributed by atoms with Crippen molar-refractivity contribution in [3.05, 3.63) is 40.9 Å². The summed E-state index contributed by atoms with van der Waals surface area (Å²) in [5, 5.41) is 20.3. The van der Waals surface area contributed by atoms with Gasteiger partial charge in [-0.3, -0.25) is 4.79 Å². The van der Waals surface area contributed by atoms with Gasteiger partial charge >= 0.3 is 0 Å². The second-order valence-corrected chi connectivity index (χ2v) is 4.46. The van der Waals surface area contributed by atoms with E-state index in [2.05, 4.69) is 15.5 Å². The lowest BCUT2D eigenvalue weighted by Crippen LogP contribution is -2.26. The number of carbonyl (C=O) groups is 1. The van der Waals surface area contributed by atoms with Gasteiger partial charge in [-0.15, -0.1) is 10.2 Å². The molecular weight excluding hydrogens is 268 g/mol. The molecule has 0 aliphatic carbocycles. The minimum absolute atomic E-state index is 0.0967. The van der Waals surface area contributed by atoms with Crippen LogP contribution in [0, 0.1) is 0 Å². The van der Waals surface area contributed by atoms with Gasteiger partial charge in [0.05, 0.1) is 5.56 Å². The largest absolute Gasteiger partial charge is 0.507 e. The maximum atomic E-state index is 11.9. The van der Waals surface area contributed by atoms with E-state index in [1.54, 1.807) is 10.9 Å². The monoisotopic (exact) mass is 280 g/mol. The number of aromatic nitrogens is 3. The molecule has 0 saturated carbocycles. The van der Waals surface area contributed by atoms with Crippen LogP contribution in [0.25, 0.3) is 0 Å². The smallest absolute Gasteiger partial charge is 0.255 e. The van der Waals surface area contributed by atoms with Gasteiger partial charge in [0.25, 0.3) is 5.91 Å². The number of phenols is 1. The third-order valence-electron chi connectivity index (χ3n) is 2.64. The minimum Gasteiger partial charge on any atom is -0.507 e. The van der Waals surface area contributed by atoms with Crippen LogP contribution in [-0.2, 0) is 13.5 Å². The molecule has 1 aromatic heterocycles. The van der Waals surface area contributed by atoms with E-state index in [4.69, 9.17) is 11.6 Å². The number of aryl methyl sites for hydroxylation is 1. The number of nitrogens with one attached hydrogen (secondary N) is 1. The molecule has 2 aromatic rings. The average molecular weight is 281 g/mol. The zero-order valence-corrected chi connectivity index (χ0v) is 11.1. The maximum Gasteiger partial charge on any atom is 0.255 e. The fraction of sp³-hybridized carbons (Fsp3) is 0.250. The molecule has 0 fully saturated rings. The molecule has 0 aliphatic heterocycles. The minimum atomic E-state index is -0.373. The van der Waals surface area contributed by atoms with E-state index in [0.717, 1.165) is 5.82 Å². The highest BCUT2D eigenvalue weighted by molar-refractivity contribution is 6.31. The molecule has 6 nitrogen and oxygen atoms in total. The normalized spacial score (nSPS) is 10.4. The summed E-state index contributed by atoms with van der Waals surface area (Å²) in [6, 6.07) is 4.34. The third kappa shape index (κ3) is 3.23. The standard InChI is InChI=1S/C12H13ClN4O2/c1-17-7-15-16-11(17)4-5-14-12(19)9-6-8(13)2-3-10(9)18/h2-3,6-7,18H,4-5H2,1H3,(H,14,19). The molecule has 0 unspecified atom stereocenters. The van der Waals surface area contributed by atoms with Crippen LogP contribution in [0.2, 0.25) is 5.02 Å². The Morgan fingerprint density at radius 2 is 2.32 bits per heavy atom. The predicted octanol–water partition coefficient (Wildman–Crippen LogP) is 1.15. The predicted molar refractivity (Wildman–Crippen MR) is 70.2 cm³/mol. The lowest BCUT2D eigenvalue weighted by atomic mass is 10.2. The van der Waals surface area contributed by atoms with Crippen molar-refractivity contribution in [2.24, 2.45) is 7.05 Å². The van der Waals surface area contributed by atoms with Gasteiger partial charge < -0.3 is 15.0 Å². The molecule has 0 radical (unpaired) electrons. The van der Waals surface area contributed by atoms with Crippen LogP contribution in [-0.4, -0.2) is 32.3 Å². The van der Waals surface area contributed by atoms with Gasteiger partial charge in [-0.25, -0.2) is 0 Å². The molecule has 0 spiro atoms. The molecule has 7 heteroatoms. The van der Waals surface area contributed by atoms with Crippen molar-refractivity contribution in [3.63, 3.8) is 0 Å². The van der Waals surface area contributed by atoms with E-state index >= 15 is 0 Å². The zero-order chi connectivity index (χ0) is 13.8. The second-order valence-electron chi connectivity index (χ2n) is 4.03. The van der Waals surface area contributed by atoms with Crippen molar-refractivity contribution in [1.29, 1.82) is 0 Å². The maximum absolute atomic E-state index is 11.9. The molecule has 19 heavy (non-hydrogen) atoms. The molecule has 2 rings (SSSR count). The zero-order valence-electron chi connectivity index (χ0n) is 10.3. The third-order valence-corrected chi connectivity index (χ3v) is 2.88. The molecule has 1 amide bonds. The summed E-state index contributed by atoms with van der Waals surface area (Å²) in [5.74, 6) is 0.304. The fourth-order valence-corrected chi connectivity index (χ4v) is 1.78. The van der Waals surface area contributed by atoms with E-state index in [0.29, 0.717) is 18.0 Å². The molecule has 1 heterocycles. The van der Waals surface area contributed by atoms with Crippen LogP contribution in [0.15, 0.2) is 24.5 Å². The molecule has 100 valence electrons. The Hall–Kier alpha value is -2.08. The second kappa shape index (κ2) is 5.71. The van der Waals surface area contributed by atoms with Gasteiger partial charge in [-0.05, 0) is 18.2 Å². The molecule has 2 N–H and O–H groups in total. The molecule has 0 aliphatic rings. The summed E-state index contributed by atoms with van der Waals surface area (Å²) in [4.78, 5) is 11.9. The number of rotatable bonds is 4. The number of hydrogen-bond acceptors (Lipinski definition) is 4. The summed E-state index contributed by atoms with van der Waals surface area (Å²) in [6.45, 7) is 0.400. The number of amides is 1. The van der Waals surface area contributed by atoms with Crippen molar-refractivity contribution in [1.82, 2.24) is 20.1 Å². The quantitative estimate of drug-likeness (QED) is 0.880. The van der Waals surface area contributed by atoms with E-state index in [1.165, 1.54) is 18.2 Å². The first-order valence-electron chi connectivity index (χ1n) is 5.67. The molecule has 0 saturated heterocycles. The number of hydrogen-bond donors (Lipinski definition) is 2. The van der Waals surface area contributed by atoms with Gasteiger partial charge in [0.2, 0.25) is 0 Å². The highest BCUT2D eigenvalue weighted by Gasteiger charge is 2.11. The topological polar surface area (TPSA) is 80.0 Å². The van der Waals surface area contributed by atoms with Crippen LogP contribution < -0.4 is 5.32 Å². The number of halogens is 1. The Balaban J connectivity index is 1.94. The Morgan fingerprint density at radius 1 is 1.53 bits per heavy atom. The van der Waals surface area contributed by atoms with Crippen LogP contribution >= 0.6 is 11.6 Å². The Bertz CT molecular complexity index is 597. The van der Waals surface area contributed by atoms with Crippen LogP contribution in [0.4, 0.5) is 0 Å². The van der Waals surface area contributed by atoms with Gasteiger partial charge in [-0.2, -0.15) is 0 Å². The Labute approximate surface area is 115 Å². The summed E-state index contributed by atoms with van der Waals surface area (Å²) >= 11 is 5.78. The van der Waals surface area contributed by atoms with Gasteiger partial charge in [-0.1, -0.05) is 11.6 Å². The van der Waals surface area contributed by atoms with E-state index in [-0.39, 0.29) is 17.2 Å². The van der Waals surface area contributed by atoms with Gasteiger partial charge in [0.1, 0.15) is 17.9 Å². The summed E-state index contributed by atoms with van der Waals surface area (Å²) in [5.41, 5.74) is 0.158. The van der Waals surface area contributed by atoms with Crippen molar-refractivity contribution < 1.29 is 9.90 Å². The lowest BCUT2D eigenvalue weighted by molar-refractivity contribution is 0.0951. The number of carbonyl (C=O) groups excluding carboxylic acids is 1. The van der Waals surface area contributed by atoms with Gasteiger partial charge in [0.15, 0.2) is 0 Å². The summed E-state index contributed by atoms with van der Waals surface area (Å²) in [6.07, 6.45) is 2.16. The summed E-state index contributed by atoms with van der Waals surface area (Å²) in [7, 11) is 1.83. The van der Waals surface area contributed by atoms with Crippen molar-refractivity contribution in [2.45, 2.75) is 6.42 Å². The van der Waals surface area contributed by atoms with Crippen molar-refractivity contribution >= 4 is 17.5 Å². The molecule has 0 bridgehead atoms. The average Bonchev–Trinajstić information content (AvgIpc) is 2.78. The molecule has 0 atom stereocenters. The van der Waals surface area contributed by atoms with E-state index in [1.807, 2.05) is 7.05 Å². The number of aromatic hydroxyl groups is 1. The summed E-state index contributed by atoms with van der Waals surface area (Å²) < 4.78 is 1.78. The Morgan fingerprint density at radius 3 is 3.00 bits per heavy atom. The Kier molecular flexibility index (Phi) is 4.01. The highest BCUT2D eigenvalue weighted by atomic mass is 35.5. The SMILES string of the molecule is Cn1cnnc1CCNC(=O)c1cc(Cl)ccc1O. The van der Waals surface area contributed by atoms with Crippen LogP contribution in [0.5, 0.6) is 5.75 Å². The first kappa shape index (κ1) is 13.4. The van der Waals surface area contributed by atoms with E-state index in [9.17, 15) is 9.90 Å². The van der Waals surface area contributed by atoms with Crippen LogP contribution in [0.1, 0.15) is 16.2 Å². The lowest BCUT2D eigenvalue weighted by Gasteiger charge is -2.07. The number of benzene rings is 1. The van der Waals surface area contributed by atoms with E-state index < -0.39 is 0 Å². The fourth-order valence-electron chi connectivity index (χ4n) is 1.61. The first-order chi connectivity index (χ1) is 9.08. The number of phenolic OH excluding ortho intramolecular Hbond substituents is 1. The van der Waals surface area contributed by atoms with Crippen molar-refractivity contribution in [2.75, 3.05) is 6.54 Å². The van der Waals surface area contributed by atoms with Gasteiger partial charge in [0, 0.05) is 25.0 Å². The van der Waals surface area contributed by atoms with Crippen LogP contribution in [0.3, 0.4) is 0 Å².